The van der Waals surface area contributed by atoms with E-state index in [2.05, 4.69) is 5.16 Å². The first-order chi connectivity index (χ1) is 6.18. The van der Waals surface area contributed by atoms with Crippen LogP contribution in [0.4, 0.5) is 5.88 Å². The van der Waals surface area contributed by atoms with E-state index in [-0.39, 0.29) is 0 Å². The van der Waals surface area contributed by atoms with E-state index in [1.54, 1.807) is 6.26 Å². The van der Waals surface area contributed by atoms with E-state index >= 15 is 0 Å². The third-order valence-corrected chi connectivity index (χ3v) is 1.96. The SMILES string of the molecule is Cc1cc(-c2noc(N)c2C)co1. The van der Waals surface area contributed by atoms with E-state index in [4.69, 9.17) is 14.7 Å². The molecule has 4 nitrogen and oxygen atoms in total. The maximum Gasteiger partial charge on any atom is 0.225 e. The standard InChI is InChI=1S/C9H10N2O2/c1-5-3-7(4-12-5)8-6(2)9(10)13-11-8/h3-4H,10H2,1-2H3. The number of aryl methyl sites for hydroxylation is 1. The van der Waals surface area contributed by atoms with Crippen molar-refractivity contribution in [2.75, 3.05) is 5.73 Å². The molecule has 0 atom stereocenters. The number of nitrogens with two attached hydrogens (primary N) is 1. The topological polar surface area (TPSA) is 65.2 Å². The predicted molar refractivity (Wildman–Crippen MR) is 48.1 cm³/mol. The van der Waals surface area contributed by atoms with E-state index in [1.807, 2.05) is 19.9 Å². The lowest BCUT2D eigenvalue weighted by atomic mass is 10.1. The highest BCUT2D eigenvalue weighted by molar-refractivity contribution is 5.65. The zero-order valence-corrected chi connectivity index (χ0v) is 7.50. The third kappa shape index (κ3) is 1.20. The Kier molecular flexibility index (Phi) is 1.62. The Morgan fingerprint density at radius 2 is 2.15 bits per heavy atom. The fourth-order valence-electron chi connectivity index (χ4n) is 1.19. The lowest BCUT2D eigenvalue weighted by Gasteiger charge is -1.88. The molecule has 0 aliphatic carbocycles. The van der Waals surface area contributed by atoms with Crippen molar-refractivity contribution >= 4 is 5.88 Å². The molecule has 0 radical (unpaired) electrons. The molecule has 0 bridgehead atoms. The third-order valence-electron chi connectivity index (χ3n) is 1.96. The lowest BCUT2D eigenvalue weighted by molar-refractivity contribution is 0.438. The number of nitrogens with zero attached hydrogens (tertiary/aromatic N) is 1. The smallest absolute Gasteiger partial charge is 0.225 e. The van der Waals surface area contributed by atoms with Gasteiger partial charge in [-0.2, -0.15) is 0 Å². The minimum absolute atomic E-state index is 0.355. The minimum atomic E-state index is 0.355. The number of anilines is 1. The predicted octanol–water partition coefficient (Wildman–Crippen LogP) is 2.13. The maximum absolute atomic E-state index is 5.52. The number of furan rings is 1. The molecule has 0 amide bonds. The van der Waals surface area contributed by atoms with Crippen LogP contribution >= 0.6 is 0 Å². The van der Waals surface area contributed by atoms with Gasteiger partial charge in [-0.15, -0.1) is 0 Å². The molecular formula is C9H10N2O2. The molecule has 2 heterocycles. The summed E-state index contributed by atoms with van der Waals surface area (Å²) in [4.78, 5) is 0. The van der Waals surface area contributed by atoms with Gasteiger partial charge in [-0.1, -0.05) is 5.16 Å². The number of hydrogen-bond acceptors (Lipinski definition) is 4. The van der Waals surface area contributed by atoms with Crippen molar-refractivity contribution in [1.29, 1.82) is 0 Å². The van der Waals surface area contributed by atoms with Crippen LogP contribution in [0, 0.1) is 13.8 Å². The van der Waals surface area contributed by atoms with Crippen LogP contribution in [-0.4, -0.2) is 5.16 Å². The minimum Gasteiger partial charge on any atom is -0.469 e. The first-order valence-corrected chi connectivity index (χ1v) is 3.95. The van der Waals surface area contributed by atoms with Crippen LogP contribution in [0.3, 0.4) is 0 Å². The van der Waals surface area contributed by atoms with Gasteiger partial charge in [0.05, 0.1) is 0 Å². The Hall–Kier alpha value is -1.71. The highest BCUT2D eigenvalue weighted by atomic mass is 16.5. The molecule has 4 heteroatoms. The summed E-state index contributed by atoms with van der Waals surface area (Å²) >= 11 is 0. The zero-order valence-electron chi connectivity index (χ0n) is 7.50. The molecule has 0 saturated carbocycles. The van der Waals surface area contributed by atoms with Gasteiger partial charge in [0.2, 0.25) is 5.88 Å². The van der Waals surface area contributed by atoms with E-state index in [9.17, 15) is 0 Å². The molecular weight excluding hydrogens is 168 g/mol. The number of hydrogen-bond donors (Lipinski definition) is 1. The molecule has 0 aliphatic heterocycles. The van der Waals surface area contributed by atoms with E-state index in [1.165, 1.54) is 0 Å². The number of aromatic nitrogens is 1. The second kappa shape index (κ2) is 2.65. The van der Waals surface area contributed by atoms with Gasteiger partial charge in [-0.3, -0.25) is 0 Å². The molecule has 0 unspecified atom stereocenters. The summed E-state index contributed by atoms with van der Waals surface area (Å²) in [7, 11) is 0. The molecule has 2 aromatic rings. The normalized spacial score (nSPS) is 10.6. The summed E-state index contributed by atoms with van der Waals surface area (Å²) in [5, 5.41) is 3.84. The Morgan fingerprint density at radius 1 is 1.38 bits per heavy atom. The van der Waals surface area contributed by atoms with Crippen LogP contribution in [0.2, 0.25) is 0 Å². The molecule has 0 fully saturated rings. The van der Waals surface area contributed by atoms with Gasteiger partial charge >= 0.3 is 0 Å². The average molecular weight is 178 g/mol. The van der Waals surface area contributed by atoms with Crippen molar-refractivity contribution in [1.82, 2.24) is 5.16 Å². The number of rotatable bonds is 1. The Labute approximate surface area is 75.3 Å². The summed E-state index contributed by atoms with van der Waals surface area (Å²) in [6, 6.07) is 1.89. The van der Waals surface area contributed by atoms with E-state index < -0.39 is 0 Å². The largest absolute Gasteiger partial charge is 0.469 e. The molecule has 2 aromatic heterocycles. The molecule has 13 heavy (non-hydrogen) atoms. The molecule has 0 spiro atoms. The fraction of sp³-hybridized carbons (Fsp3) is 0.222. The monoisotopic (exact) mass is 178 g/mol. The van der Waals surface area contributed by atoms with Crippen LogP contribution in [-0.2, 0) is 0 Å². The van der Waals surface area contributed by atoms with Crippen LogP contribution in [0.5, 0.6) is 0 Å². The van der Waals surface area contributed by atoms with Gasteiger partial charge in [0.25, 0.3) is 0 Å². The zero-order chi connectivity index (χ0) is 9.42. The summed E-state index contributed by atoms with van der Waals surface area (Å²) in [6.07, 6.45) is 1.64. The van der Waals surface area contributed by atoms with Crippen molar-refractivity contribution < 1.29 is 8.94 Å². The van der Waals surface area contributed by atoms with Gasteiger partial charge in [0.15, 0.2) is 0 Å². The highest BCUT2D eigenvalue weighted by Crippen LogP contribution is 2.27. The van der Waals surface area contributed by atoms with Crippen LogP contribution in [0.25, 0.3) is 11.3 Å². The molecule has 0 aliphatic rings. The van der Waals surface area contributed by atoms with Crippen molar-refractivity contribution in [3.05, 3.63) is 23.7 Å². The van der Waals surface area contributed by atoms with E-state index in [0.29, 0.717) is 5.88 Å². The molecule has 0 aromatic carbocycles. The van der Waals surface area contributed by atoms with Crippen LogP contribution in [0.1, 0.15) is 11.3 Å². The quantitative estimate of drug-likeness (QED) is 0.726. The van der Waals surface area contributed by atoms with E-state index in [0.717, 1.165) is 22.6 Å². The first-order valence-electron chi connectivity index (χ1n) is 3.95. The summed E-state index contributed by atoms with van der Waals surface area (Å²) in [5.41, 5.74) is 8.02. The second-order valence-corrected chi connectivity index (χ2v) is 2.97. The Morgan fingerprint density at radius 3 is 2.62 bits per heavy atom. The molecule has 2 N–H and O–H groups in total. The fourth-order valence-corrected chi connectivity index (χ4v) is 1.19. The van der Waals surface area contributed by atoms with Gasteiger partial charge in [-0.05, 0) is 19.9 Å². The van der Waals surface area contributed by atoms with Gasteiger partial charge < -0.3 is 14.7 Å². The molecule has 68 valence electrons. The lowest BCUT2D eigenvalue weighted by Crippen LogP contribution is -1.83. The van der Waals surface area contributed by atoms with Crippen molar-refractivity contribution in [2.45, 2.75) is 13.8 Å². The van der Waals surface area contributed by atoms with Crippen molar-refractivity contribution in [3.8, 4) is 11.3 Å². The van der Waals surface area contributed by atoms with Gasteiger partial charge in [-0.25, -0.2) is 0 Å². The second-order valence-electron chi connectivity index (χ2n) is 2.97. The average Bonchev–Trinajstić information content (AvgIpc) is 2.62. The van der Waals surface area contributed by atoms with Gasteiger partial charge in [0, 0.05) is 11.1 Å². The van der Waals surface area contributed by atoms with Crippen molar-refractivity contribution in [3.63, 3.8) is 0 Å². The summed E-state index contributed by atoms with van der Waals surface area (Å²) < 4.78 is 10.0. The van der Waals surface area contributed by atoms with Crippen LogP contribution < -0.4 is 5.73 Å². The van der Waals surface area contributed by atoms with Crippen molar-refractivity contribution in [2.24, 2.45) is 0 Å². The van der Waals surface area contributed by atoms with Gasteiger partial charge in [0.1, 0.15) is 17.7 Å². The Bertz CT molecular complexity index is 429. The summed E-state index contributed by atoms with van der Waals surface area (Å²) in [5.74, 6) is 1.20. The summed E-state index contributed by atoms with van der Waals surface area (Å²) in [6.45, 7) is 3.74. The molecule has 0 saturated heterocycles. The first kappa shape index (κ1) is 7.91. The number of nitrogen functional groups attached to an aromatic ring is 1. The maximum atomic E-state index is 5.52. The Balaban J connectivity index is 2.52. The van der Waals surface area contributed by atoms with Crippen LogP contribution in [0.15, 0.2) is 21.3 Å². The molecule has 2 rings (SSSR count). The highest BCUT2D eigenvalue weighted by Gasteiger charge is 2.12.